The van der Waals surface area contributed by atoms with E-state index >= 15 is 0 Å². The van der Waals surface area contributed by atoms with Crippen LogP contribution in [0.1, 0.15) is 5.56 Å². The Balaban J connectivity index is 1.87. The Hall–Kier alpha value is -0.710. The molecule has 1 heterocycles. The van der Waals surface area contributed by atoms with Crippen LogP contribution in [0, 0.1) is 6.92 Å². The first-order valence-corrected chi connectivity index (χ1v) is 11.2. The summed E-state index contributed by atoms with van der Waals surface area (Å²) >= 11 is 5.97. The number of piperazine rings is 1. The molecule has 1 N–H and O–H groups in total. The third-order valence-electron chi connectivity index (χ3n) is 4.03. The molecule has 1 aromatic carbocycles. The minimum Gasteiger partial charge on any atom is -0.299 e. The van der Waals surface area contributed by atoms with Crippen molar-refractivity contribution < 1.29 is 16.8 Å². The van der Waals surface area contributed by atoms with Crippen molar-refractivity contribution in [3.05, 3.63) is 28.8 Å². The molecule has 0 aliphatic carbocycles. The molecule has 0 amide bonds. The van der Waals surface area contributed by atoms with Gasteiger partial charge in [0.2, 0.25) is 20.0 Å². The Bertz CT molecular complexity index is 788. The van der Waals surface area contributed by atoms with Gasteiger partial charge >= 0.3 is 0 Å². The molecule has 24 heavy (non-hydrogen) atoms. The molecule has 1 aromatic rings. The predicted octanol–water partition coefficient (Wildman–Crippen LogP) is 0.504. The zero-order valence-corrected chi connectivity index (χ0v) is 16.1. The van der Waals surface area contributed by atoms with Crippen LogP contribution in [0.3, 0.4) is 0 Å². The topological polar surface area (TPSA) is 86.8 Å². The number of sulfonamides is 2. The van der Waals surface area contributed by atoms with E-state index in [1.807, 2.05) is 4.90 Å². The first-order chi connectivity index (χ1) is 11.1. The van der Waals surface area contributed by atoms with Gasteiger partial charge in [-0.05, 0) is 24.6 Å². The Morgan fingerprint density at radius 3 is 2.33 bits per heavy atom. The maximum absolute atomic E-state index is 12.4. The van der Waals surface area contributed by atoms with E-state index < -0.39 is 20.0 Å². The minimum atomic E-state index is -3.62. The fourth-order valence-corrected chi connectivity index (χ4v) is 4.92. The van der Waals surface area contributed by atoms with Gasteiger partial charge in [-0.15, -0.1) is 0 Å². The third-order valence-corrected chi connectivity index (χ3v) is 7.35. The van der Waals surface area contributed by atoms with Crippen molar-refractivity contribution in [3.8, 4) is 0 Å². The van der Waals surface area contributed by atoms with Crippen molar-refractivity contribution in [3.63, 3.8) is 0 Å². The number of halogens is 1. The van der Waals surface area contributed by atoms with E-state index in [2.05, 4.69) is 4.72 Å². The average molecular weight is 396 g/mol. The maximum atomic E-state index is 12.4. The molecule has 0 saturated carbocycles. The number of nitrogens with zero attached hydrogens (tertiary/aromatic N) is 2. The zero-order valence-electron chi connectivity index (χ0n) is 13.7. The molecule has 10 heteroatoms. The van der Waals surface area contributed by atoms with Crippen LogP contribution in [0.5, 0.6) is 0 Å². The lowest BCUT2D eigenvalue weighted by Crippen LogP contribution is -2.49. The maximum Gasteiger partial charge on any atom is 0.240 e. The summed E-state index contributed by atoms with van der Waals surface area (Å²) in [4.78, 5) is 2.21. The smallest absolute Gasteiger partial charge is 0.240 e. The minimum absolute atomic E-state index is 0.178. The highest BCUT2D eigenvalue weighted by Crippen LogP contribution is 2.22. The van der Waals surface area contributed by atoms with Crippen molar-refractivity contribution >= 4 is 31.6 Å². The summed E-state index contributed by atoms with van der Waals surface area (Å²) in [6.07, 6.45) is 1.20. The molecule has 0 atom stereocenters. The van der Waals surface area contributed by atoms with E-state index in [0.717, 1.165) is 0 Å². The summed E-state index contributed by atoms with van der Waals surface area (Å²) in [7, 11) is -6.77. The van der Waals surface area contributed by atoms with E-state index in [0.29, 0.717) is 43.3 Å². The zero-order chi connectivity index (χ0) is 18.0. The molecular weight excluding hydrogens is 374 g/mol. The summed E-state index contributed by atoms with van der Waals surface area (Å²) in [6.45, 7) is 4.48. The summed E-state index contributed by atoms with van der Waals surface area (Å²) in [5.74, 6) is 0. The Kier molecular flexibility index (Phi) is 6.27. The summed E-state index contributed by atoms with van der Waals surface area (Å²) in [5, 5.41) is 0.412. The molecule has 7 nitrogen and oxygen atoms in total. The van der Waals surface area contributed by atoms with Crippen LogP contribution in [0.25, 0.3) is 0 Å². The lowest BCUT2D eigenvalue weighted by Gasteiger charge is -2.33. The predicted molar refractivity (Wildman–Crippen MR) is 94.2 cm³/mol. The highest BCUT2D eigenvalue weighted by Gasteiger charge is 2.23. The van der Waals surface area contributed by atoms with Gasteiger partial charge in [0.1, 0.15) is 0 Å². The molecule has 1 aliphatic rings. The van der Waals surface area contributed by atoms with Gasteiger partial charge in [-0.2, -0.15) is 4.31 Å². The molecule has 0 bridgehead atoms. The lowest BCUT2D eigenvalue weighted by molar-refractivity contribution is 0.192. The Labute approximate surface area is 148 Å². The fourth-order valence-electron chi connectivity index (χ4n) is 2.58. The van der Waals surface area contributed by atoms with E-state index in [4.69, 9.17) is 11.6 Å². The monoisotopic (exact) mass is 395 g/mol. The highest BCUT2D eigenvalue weighted by atomic mass is 35.5. The van der Waals surface area contributed by atoms with Crippen molar-refractivity contribution in [2.45, 2.75) is 11.8 Å². The Morgan fingerprint density at radius 1 is 1.12 bits per heavy atom. The number of benzene rings is 1. The molecule has 1 fully saturated rings. The van der Waals surface area contributed by atoms with Crippen LogP contribution in [0.2, 0.25) is 5.02 Å². The second-order valence-electron chi connectivity index (χ2n) is 5.76. The van der Waals surface area contributed by atoms with Crippen LogP contribution in [-0.4, -0.2) is 71.6 Å². The Morgan fingerprint density at radius 2 is 1.75 bits per heavy atom. The lowest BCUT2D eigenvalue weighted by atomic mass is 10.2. The summed E-state index contributed by atoms with van der Waals surface area (Å²) in [5.41, 5.74) is 0.522. The standard InChI is InChI=1S/C14H22ClN3O4S2/c1-12-13(15)4-3-5-14(12)24(21,22)16-6-7-17-8-10-18(11-9-17)23(2,19)20/h3-5,16H,6-11H2,1-2H3. The van der Waals surface area contributed by atoms with E-state index in [9.17, 15) is 16.8 Å². The quantitative estimate of drug-likeness (QED) is 0.758. The molecule has 136 valence electrons. The van der Waals surface area contributed by atoms with Gasteiger partial charge in [-0.3, -0.25) is 4.90 Å². The normalized spacial score (nSPS) is 18.0. The van der Waals surface area contributed by atoms with Gasteiger partial charge in [0.25, 0.3) is 0 Å². The number of hydrogen-bond acceptors (Lipinski definition) is 5. The van der Waals surface area contributed by atoms with Crippen molar-refractivity contribution in [2.24, 2.45) is 0 Å². The molecule has 0 spiro atoms. The number of hydrogen-bond donors (Lipinski definition) is 1. The van der Waals surface area contributed by atoms with Crippen molar-refractivity contribution in [1.29, 1.82) is 0 Å². The SMILES string of the molecule is Cc1c(Cl)cccc1S(=O)(=O)NCCN1CCN(S(C)(=O)=O)CC1. The molecule has 0 aromatic heterocycles. The van der Waals surface area contributed by atoms with Gasteiger partial charge in [0.05, 0.1) is 11.2 Å². The fraction of sp³-hybridized carbons (Fsp3) is 0.571. The summed E-state index contributed by atoms with van der Waals surface area (Å²) in [6, 6.07) is 4.78. The second-order valence-corrected chi connectivity index (χ2v) is 9.89. The first kappa shape index (κ1) is 19.6. The van der Waals surface area contributed by atoms with Gasteiger partial charge in [-0.1, -0.05) is 17.7 Å². The largest absolute Gasteiger partial charge is 0.299 e. The van der Waals surface area contributed by atoms with Gasteiger partial charge in [0, 0.05) is 44.3 Å². The molecule has 0 radical (unpaired) electrons. The van der Waals surface area contributed by atoms with E-state index in [-0.39, 0.29) is 11.4 Å². The molecule has 1 saturated heterocycles. The van der Waals surface area contributed by atoms with Crippen molar-refractivity contribution in [1.82, 2.24) is 13.9 Å². The average Bonchev–Trinajstić information content (AvgIpc) is 2.49. The highest BCUT2D eigenvalue weighted by molar-refractivity contribution is 7.89. The number of rotatable bonds is 6. The van der Waals surface area contributed by atoms with Crippen LogP contribution >= 0.6 is 11.6 Å². The second kappa shape index (κ2) is 7.67. The molecule has 0 unspecified atom stereocenters. The van der Waals surface area contributed by atoms with Crippen LogP contribution < -0.4 is 4.72 Å². The van der Waals surface area contributed by atoms with E-state index in [1.165, 1.54) is 16.6 Å². The first-order valence-electron chi connectivity index (χ1n) is 7.53. The van der Waals surface area contributed by atoms with Crippen molar-refractivity contribution in [2.75, 3.05) is 45.5 Å². The summed E-state index contributed by atoms with van der Waals surface area (Å²) < 4.78 is 51.6. The van der Waals surface area contributed by atoms with Crippen LogP contribution in [-0.2, 0) is 20.0 Å². The molecule has 2 rings (SSSR count). The van der Waals surface area contributed by atoms with Crippen LogP contribution in [0.4, 0.5) is 0 Å². The number of nitrogens with one attached hydrogen (secondary N) is 1. The molecular formula is C14H22ClN3O4S2. The van der Waals surface area contributed by atoms with E-state index in [1.54, 1.807) is 19.1 Å². The van der Waals surface area contributed by atoms with Gasteiger partial charge < -0.3 is 0 Å². The van der Waals surface area contributed by atoms with Gasteiger partial charge in [-0.25, -0.2) is 21.6 Å². The van der Waals surface area contributed by atoms with Crippen LogP contribution in [0.15, 0.2) is 23.1 Å². The molecule has 1 aliphatic heterocycles. The third kappa shape index (κ3) is 4.90. The van der Waals surface area contributed by atoms with Gasteiger partial charge in [0.15, 0.2) is 0 Å².